The molecule has 2 heterocycles. The van der Waals surface area contributed by atoms with Crippen LogP contribution in [0.25, 0.3) is 0 Å². The van der Waals surface area contributed by atoms with Gasteiger partial charge in [0, 0.05) is 6.42 Å². The van der Waals surface area contributed by atoms with E-state index in [1.165, 1.54) is 0 Å². The molecule has 0 radical (unpaired) electrons. The SMILES string of the molecule is O=S(=O)(NCc1[nH]ncc1Br)c1cccc2c1OCC2. The lowest BCUT2D eigenvalue weighted by molar-refractivity contribution is 0.348. The van der Waals surface area contributed by atoms with Crippen LogP contribution in [-0.4, -0.2) is 25.2 Å². The molecule has 1 aliphatic heterocycles. The number of sulfonamides is 1. The lowest BCUT2D eigenvalue weighted by Gasteiger charge is -2.10. The number of fused-ring (bicyclic) bond motifs is 1. The van der Waals surface area contributed by atoms with E-state index >= 15 is 0 Å². The predicted molar refractivity (Wildman–Crippen MR) is 76.0 cm³/mol. The molecule has 0 aliphatic carbocycles. The smallest absolute Gasteiger partial charge is 0.244 e. The van der Waals surface area contributed by atoms with E-state index in [9.17, 15) is 8.42 Å². The van der Waals surface area contributed by atoms with Crippen molar-refractivity contribution in [1.82, 2.24) is 14.9 Å². The molecule has 106 valence electrons. The fourth-order valence-corrected chi connectivity index (χ4v) is 3.58. The fourth-order valence-electron chi connectivity index (χ4n) is 2.06. The zero-order chi connectivity index (χ0) is 14.2. The van der Waals surface area contributed by atoms with Gasteiger partial charge in [-0.2, -0.15) is 5.10 Å². The van der Waals surface area contributed by atoms with Gasteiger partial charge < -0.3 is 4.74 Å². The lowest BCUT2D eigenvalue weighted by Crippen LogP contribution is -2.24. The molecule has 0 unspecified atom stereocenters. The third-order valence-corrected chi connectivity index (χ3v) is 5.18. The van der Waals surface area contributed by atoms with Gasteiger partial charge in [0.05, 0.1) is 29.5 Å². The average molecular weight is 358 g/mol. The summed E-state index contributed by atoms with van der Waals surface area (Å²) >= 11 is 3.29. The maximum Gasteiger partial charge on any atom is 0.244 e. The van der Waals surface area contributed by atoms with Crippen molar-refractivity contribution in [1.29, 1.82) is 0 Å². The Hall–Kier alpha value is -1.38. The van der Waals surface area contributed by atoms with E-state index in [1.807, 2.05) is 6.07 Å². The van der Waals surface area contributed by atoms with Crippen LogP contribution in [0.3, 0.4) is 0 Å². The van der Waals surface area contributed by atoms with Crippen LogP contribution in [0.5, 0.6) is 5.75 Å². The normalized spacial score (nSPS) is 14.1. The Kier molecular flexibility index (Phi) is 3.53. The quantitative estimate of drug-likeness (QED) is 0.869. The zero-order valence-corrected chi connectivity index (χ0v) is 12.8. The number of halogens is 1. The zero-order valence-electron chi connectivity index (χ0n) is 10.4. The highest BCUT2D eigenvalue weighted by atomic mass is 79.9. The van der Waals surface area contributed by atoms with Crippen LogP contribution in [0.4, 0.5) is 0 Å². The van der Waals surface area contributed by atoms with Crippen molar-refractivity contribution in [2.75, 3.05) is 6.61 Å². The largest absolute Gasteiger partial charge is 0.492 e. The fraction of sp³-hybridized carbons (Fsp3) is 0.250. The van der Waals surface area contributed by atoms with E-state index in [2.05, 4.69) is 30.8 Å². The van der Waals surface area contributed by atoms with Crippen molar-refractivity contribution in [2.45, 2.75) is 17.9 Å². The molecule has 1 aromatic carbocycles. The number of H-pyrrole nitrogens is 1. The number of aromatic amines is 1. The molecular weight excluding hydrogens is 346 g/mol. The van der Waals surface area contributed by atoms with Gasteiger partial charge in [0.2, 0.25) is 10.0 Å². The molecule has 2 N–H and O–H groups in total. The maximum atomic E-state index is 12.4. The van der Waals surface area contributed by atoms with Crippen LogP contribution in [-0.2, 0) is 23.0 Å². The summed E-state index contributed by atoms with van der Waals surface area (Å²) in [5.74, 6) is 0.462. The van der Waals surface area contributed by atoms with Gasteiger partial charge in [-0.1, -0.05) is 12.1 Å². The minimum atomic E-state index is -3.62. The van der Waals surface area contributed by atoms with Gasteiger partial charge in [0.15, 0.2) is 0 Å². The topological polar surface area (TPSA) is 84.1 Å². The molecule has 0 amide bonds. The first kappa shape index (κ1) is 13.6. The minimum absolute atomic E-state index is 0.132. The van der Waals surface area contributed by atoms with Crippen LogP contribution in [0.1, 0.15) is 11.3 Å². The van der Waals surface area contributed by atoms with Crippen molar-refractivity contribution in [2.24, 2.45) is 0 Å². The minimum Gasteiger partial charge on any atom is -0.492 e. The number of rotatable bonds is 4. The van der Waals surface area contributed by atoms with Crippen LogP contribution in [0.2, 0.25) is 0 Å². The lowest BCUT2D eigenvalue weighted by atomic mass is 10.2. The van der Waals surface area contributed by atoms with Gasteiger partial charge in [0.1, 0.15) is 10.6 Å². The molecule has 1 aliphatic rings. The Morgan fingerprint density at radius 3 is 3.05 bits per heavy atom. The van der Waals surface area contributed by atoms with Crippen LogP contribution in [0.15, 0.2) is 33.8 Å². The molecule has 1 aromatic heterocycles. The Labute approximate surface area is 124 Å². The van der Waals surface area contributed by atoms with Crippen molar-refractivity contribution in [3.63, 3.8) is 0 Å². The Bertz CT molecular complexity index is 742. The van der Waals surface area contributed by atoms with Crippen molar-refractivity contribution >= 4 is 26.0 Å². The summed E-state index contributed by atoms with van der Waals surface area (Å²) in [6.45, 7) is 0.653. The monoisotopic (exact) mass is 357 g/mol. The summed E-state index contributed by atoms with van der Waals surface area (Å²) in [7, 11) is -3.62. The Morgan fingerprint density at radius 1 is 1.45 bits per heavy atom. The van der Waals surface area contributed by atoms with Gasteiger partial charge in [0.25, 0.3) is 0 Å². The molecule has 0 atom stereocenters. The highest BCUT2D eigenvalue weighted by molar-refractivity contribution is 9.10. The second-order valence-electron chi connectivity index (χ2n) is 4.36. The molecule has 0 bridgehead atoms. The predicted octanol–water partition coefficient (Wildman–Crippen LogP) is 1.59. The maximum absolute atomic E-state index is 12.4. The molecule has 3 rings (SSSR count). The molecule has 20 heavy (non-hydrogen) atoms. The second kappa shape index (κ2) is 5.19. The highest BCUT2D eigenvalue weighted by Crippen LogP contribution is 2.32. The first-order chi connectivity index (χ1) is 9.58. The number of nitrogens with zero attached hydrogens (tertiary/aromatic N) is 1. The highest BCUT2D eigenvalue weighted by Gasteiger charge is 2.25. The molecule has 0 saturated heterocycles. The van der Waals surface area contributed by atoms with Crippen LogP contribution in [0, 0.1) is 0 Å². The average Bonchev–Trinajstić information content (AvgIpc) is 3.04. The molecule has 0 fully saturated rings. The van der Waals surface area contributed by atoms with Crippen LogP contribution < -0.4 is 9.46 Å². The van der Waals surface area contributed by atoms with E-state index in [1.54, 1.807) is 18.3 Å². The number of hydrogen-bond donors (Lipinski definition) is 2. The van der Waals surface area contributed by atoms with E-state index in [-0.39, 0.29) is 11.4 Å². The van der Waals surface area contributed by atoms with E-state index in [0.717, 1.165) is 16.5 Å². The number of nitrogens with one attached hydrogen (secondary N) is 2. The summed E-state index contributed by atoms with van der Waals surface area (Å²) in [6.07, 6.45) is 2.32. The number of para-hydroxylation sites is 1. The number of hydrogen-bond acceptors (Lipinski definition) is 4. The van der Waals surface area contributed by atoms with Gasteiger partial charge in [-0.3, -0.25) is 5.10 Å². The van der Waals surface area contributed by atoms with Gasteiger partial charge in [-0.25, -0.2) is 13.1 Å². The summed E-state index contributed by atoms with van der Waals surface area (Å²) in [6, 6.07) is 5.16. The van der Waals surface area contributed by atoms with E-state index < -0.39 is 10.0 Å². The number of benzene rings is 1. The third kappa shape index (κ3) is 2.46. The number of aromatic nitrogens is 2. The Balaban J connectivity index is 1.86. The standard InChI is InChI=1S/C12H12BrN3O3S/c13-9-6-14-16-10(9)7-15-20(17,18)11-3-1-2-8-4-5-19-12(8)11/h1-3,6,15H,4-5,7H2,(H,14,16). The molecule has 2 aromatic rings. The summed E-state index contributed by atoms with van der Waals surface area (Å²) in [5, 5.41) is 6.55. The number of ether oxygens (including phenoxy) is 1. The van der Waals surface area contributed by atoms with Crippen molar-refractivity contribution < 1.29 is 13.2 Å². The second-order valence-corrected chi connectivity index (χ2v) is 6.95. The van der Waals surface area contributed by atoms with E-state index in [0.29, 0.717) is 18.1 Å². The molecule has 0 spiro atoms. The summed E-state index contributed by atoms with van der Waals surface area (Å²) in [5.41, 5.74) is 1.60. The summed E-state index contributed by atoms with van der Waals surface area (Å²) in [4.78, 5) is 0.183. The van der Waals surface area contributed by atoms with Crippen LogP contribution >= 0.6 is 15.9 Å². The molecule has 6 nitrogen and oxygen atoms in total. The third-order valence-electron chi connectivity index (χ3n) is 3.07. The van der Waals surface area contributed by atoms with Gasteiger partial charge in [-0.05, 0) is 27.6 Å². The van der Waals surface area contributed by atoms with Crippen molar-refractivity contribution in [3.8, 4) is 5.75 Å². The van der Waals surface area contributed by atoms with E-state index in [4.69, 9.17) is 4.74 Å². The van der Waals surface area contributed by atoms with Gasteiger partial charge in [-0.15, -0.1) is 0 Å². The van der Waals surface area contributed by atoms with Gasteiger partial charge >= 0.3 is 0 Å². The first-order valence-corrected chi connectivity index (χ1v) is 8.27. The molecule has 0 saturated carbocycles. The first-order valence-electron chi connectivity index (χ1n) is 6.00. The molecular formula is C12H12BrN3O3S. The Morgan fingerprint density at radius 2 is 2.30 bits per heavy atom. The van der Waals surface area contributed by atoms with Crippen molar-refractivity contribution in [3.05, 3.63) is 40.1 Å². The molecule has 8 heteroatoms. The summed E-state index contributed by atoms with van der Waals surface area (Å²) < 4.78 is 33.4.